The molecule has 79 heavy (non-hydrogen) atoms. The Morgan fingerprint density at radius 1 is 0.494 bits per heavy atom. The van der Waals surface area contributed by atoms with E-state index in [0.717, 1.165) is 12.1 Å². The van der Waals surface area contributed by atoms with Crippen molar-refractivity contribution in [3.05, 3.63) is 148 Å². The number of aromatic hydroxyl groups is 8. The molecule has 0 spiro atoms. The van der Waals surface area contributed by atoms with Crippen molar-refractivity contribution >= 4 is 5.78 Å². The molecule has 2 saturated heterocycles. The van der Waals surface area contributed by atoms with Crippen LogP contribution in [0.25, 0.3) is 0 Å². The van der Waals surface area contributed by atoms with Crippen LogP contribution >= 0.6 is 0 Å². The summed E-state index contributed by atoms with van der Waals surface area (Å²) in [7, 11) is 0. The fourth-order valence-corrected chi connectivity index (χ4v) is 10.4. The van der Waals surface area contributed by atoms with Crippen molar-refractivity contribution in [3.63, 3.8) is 0 Å². The van der Waals surface area contributed by atoms with Gasteiger partial charge in [0.1, 0.15) is 112 Å². The van der Waals surface area contributed by atoms with Gasteiger partial charge in [-0.2, -0.15) is 0 Å². The van der Waals surface area contributed by atoms with Gasteiger partial charge >= 0.3 is 0 Å². The molecule has 0 aromatic heterocycles. The van der Waals surface area contributed by atoms with E-state index < -0.39 is 145 Å². The van der Waals surface area contributed by atoms with E-state index in [1.54, 1.807) is 24.3 Å². The highest BCUT2D eigenvalue weighted by molar-refractivity contribution is 6.04. The molecule has 420 valence electrons. The van der Waals surface area contributed by atoms with Gasteiger partial charge in [-0.25, -0.2) is 0 Å². The molecule has 0 saturated carbocycles. The molecule has 22 heteroatoms. The van der Waals surface area contributed by atoms with E-state index >= 15 is 4.79 Å². The molecule has 16 N–H and O–H groups in total. The van der Waals surface area contributed by atoms with Crippen LogP contribution in [-0.4, -0.2) is 162 Å². The Balaban J connectivity index is 1.30. The van der Waals surface area contributed by atoms with Crippen molar-refractivity contribution in [1.82, 2.24) is 0 Å². The highest BCUT2D eigenvalue weighted by Gasteiger charge is 2.48. The van der Waals surface area contributed by atoms with Crippen LogP contribution in [0.5, 0.6) is 63.2 Å². The van der Waals surface area contributed by atoms with Crippen molar-refractivity contribution in [2.24, 2.45) is 0 Å². The van der Waals surface area contributed by atoms with Crippen LogP contribution in [-0.2, 0) is 22.3 Å². The molecule has 3 heterocycles. The minimum atomic E-state index is -1.95. The van der Waals surface area contributed by atoms with Gasteiger partial charge in [0, 0.05) is 46.2 Å². The van der Waals surface area contributed by atoms with Crippen molar-refractivity contribution in [2.45, 2.75) is 111 Å². The third-order valence-corrected chi connectivity index (χ3v) is 14.7. The third kappa shape index (κ3) is 11.5. The van der Waals surface area contributed by atoms with E-state index in [-0.39, 0.29) is 82.2 Å². The van der Waals surface area contributed by atoms with Crippen LogP contribution in [0.3, 0.4) is 0 Å². The third-order valence-electron chi connectivity index (χ3n) is 14.7. The molecule has 0 amide bonds. The van der Waals surface area contributed by atoms with Gasteiger partial charge in [0.15, 0.2) is 17.3 Å². The van der Waals surface area contributed by atoms with Crippen molar-refractivity contribution in [2.75, 3.05) is 13.2 Å². The zero-order valence-electron chi connectivity index (χ0n) is 41.9. The molecule has 0 aliphatic carbocycles. The number of ketones is 1. The number of hydrogen-bond acceptors (Lipinski definition) is 22. The molecular formula is C57H60O22. The number of aliphatic hydroxyl groups excluding tert-OH is 8. The maximum absolute atomic E-state index is 15.0. The van der Waals surface area contributed by atoms with Crippen LogP contribution in [0.2, 0.25) is 0 Å². The number of carbonyl (C=O) groups excluding carboxylic acids is 1. The minimum absolute atomic E-state index is 0.0505. The van der Waals surface area contributed by atoms with Gasteiger partial charge in [0.05, 0.1) is 19.6 Å². The highest BCUT2D eigenvalue weighted by atomic mass is 16.7. The summed E-state index contributed by atoms with van der Waals surface area (Å²) in [5, 5.41) is 175. The lowest BCUT2D eigenvalue weighted by atomic mass is 9.76. The molecule has 3 aliphatic rings. The molecular weight excluding hydrogens is 1040 g/mol. The first-order chi connectivity index (χ1) is 37.8. The van der Waals surface area contributed by atoms with Gasteiger partial charge in [-0.1, -0.05) is 42.5 Å². The summed E-state index contributed by atoms with van der Waals surface area (Å²) in [5.74, 6) is -7.72. The van der Waals surface area contributed by atoms with Gasteiger partial charge in [-0.05, 0) is 90.9 Å². The van der Waals surface area contributed by atoms with E-state index in [2.05, 4.69) is 0 Å². The van der Waals surface area contributed by atoms with Gasteiger partial charge in [-0.3, -0.25) is 4.79 Å². The maximum atomic E-state index is 15.0. The highest BCUT2D eigenvalue weighted by Crippen LogP contribution is 2.58. The number of phenols is 8. The Morgan fingerprint density at radius 2 is 0.949 bits per heavy atom. The number of ether oxygens (including phenoxy) is 5. The number of aliphatic hydroxyl groups is 8. The zero-order chi connectivity index (χ0) is 56.6. The second kappa shape index (κ2) is 23.4. The number of benzene rings is 6. The summed E-state index contributed by atoms with van der Waals surface area (Å²) in [5.41, 5.74) is 0.605. The number of hydrogen-bond donors (Lipinski definition) is 16. The molecule has 1 unspecified atom stereocenters. The van der Waals surface area contributed by atoms with Crippen LogP contribution in [0, 0.1) is 0 Å². The summed E-state index contributed by atoms with van der Waals surface area (Å²) < 4.78 is 30.6. The normalized spacial score (nSPS) is 25.7. The lowest BCUT2D eigenvalue weighted by molar-refractivity contribution is -0.277. The Kier molecular flexibility index (Phi) is 16.6. The van der Waals surface area contributed by atoms with Crippen molar-refractivity contribution in [3.8, 4) is 63.2 Å². The summed E-state index contributed by atoms with van der Waals surface area (Å²) in [4.78, 5) is 15.0. The molecule has 22 nitrogen and oxygen atoms in total. The number of fused-ring (bicyclic) bond motifs is 1. The Labute approximate surface area is 450 Å². The standard InChI is InChI=1S/C57H60O22/c58-23-42-47(67)51(71)53(73)56(78-42)76-40-20-30(62)12-16-32(40)34(14-5-25-1-8-28(60)9-2-25)44-49(69)45(55-46(50(44)70)38(66)22-39(75-55)27-7-18-36(64)37(65)19-27)35(15-6-26-3-10-29(61)11-4-26)33-17-13-31(63)21-41(33)77-57-54(74)52(72)48(68)43(24-59)79-57/h1-4,7-13,16-21,34-35,39,42-43,47-48,51-54,56-65,67-74H,5-6,14-15,22-24H2/t34-,35+,39?,42-,43-,47-,48-,51+,52+,53-,54-,56-,57-/m1/s1. The van der Waals surface area contributed by atoms with E-state index in [0.29, 0.717) is 11.1 Å². The molecule has 0 radical (unpaired) electrons. The number of Topliss-reactive ketones (excluding diaryl/α,β-unsaturated/α-hetero) is 1. The minimum Gasteiger partial charge on any atom is -0.508 e. The molecule has 6 aromatic rings. The van der Waals surface area contributed by atoms with Crippen LogP contribution < -0.4 is 14.2 Å². The average molecular weight is 1100 g/mol. The summed E-state index contributed by atoms with van der Waals surface area (Å²) in [6, 6.07) is 23.5. The van der Waals surface area contributed by atoms with Crippen LogP contribution in [0.4, 0.5) is 0 Å². The number of rotatable bonds is 17. The molecule has 6 aromatic carbocycles. The van der Waals surface area contributed by atoms with Gasteiger partial charge in [0.2, 0.25) is 12.6 Å². The first kappa shape index (κ1) is 56.1. The quantitative estimate of drug-likeness (QED) is 0.0584. The predicted molar refractivity (Wildman–Crippen MR) is 273 cm³/mol. The molecule has 0 bridgehead atoms. The van der Waals surface area contributed by atoms with Crippen molar-refractivity contribution < 1.29 is 110 Å². The number of phenolic OH excluding ortho intramolecular Hbond substituents is 8. The maximum Gasteiger partial charge on any atom is 0.229 e. The van der Waals surface area contributed by atoms with Crippen molar-refractivity contribution in [1.29, 1.82) is 0 Å². The summed E-state index contributed by atoms with van der Waals surface area (Å²) >= 11 is 0. The number of aryl methyl sites for hydroxylation is 2. The topological polar surface area (TPSA) is 387 Å². The van der Waals surface area contributed by atoms with E-state index in [4.69, 9.17) is 23.7 Å². The smallest absolute Gasteiger partial charge is 0.229 e. The number of carbonyl (C=O) groups is 1. The monoisotopic (exact) mass is 1100 g/mol. The van der Waals surface area contributed by atoms with Gasteiger partial charge in [-0.15, -0.1) is 0 Å². The van der Waals surface area contributed by atoms with Gasteiger partial charge in [0.25, 0.3) is 0 Å². The van der Waals surface area contributed by atoms with Crippen LogP contribution in [0.1, 0.15) is 86.5 Å². The van der Waals surface area contributed by atoms with E-state index in [1.165, 1.54) is 66.7 Å². The SMILES string of the molecule is O=C1CC(c2ccc(O)c(O)c2)Oc2c1c(O)c([C@H](CCc1ccc(O)cc1)c1ccc(O)cc1O[C@@H]1O[C@H](CO)[C@@H](O)[C@H](O)[C@H]1O)c(O)c2[C@@H](CCc1ccc(O)cc1)c1ccc(O)cc1O[C@@H]1O[C@H](CO)[C@@H](O)[C@H](O)[C@H]1O. The summed E-state index contributed by atoms with van der Waals surface area (Å²) in [6.07, 6.45) is -19.4. The Bertz CT molecular complexity index is 3130. The van der Waals surface area contributed by atoms with Crippen LogP contribution in [0.15, 0.2) is 103 Å². The average Bonchev–Trinajstić information content (AvgIpc) is 3.62. The largest absolute Gasteiger partial charge is 0.508 e. The lowest BCUT2D eigenvalue weighted by Gasteiger charge is -2.40. The Morgan fingerprint density at radius 3 is 1.41 bits per heavy atom. The summed E-state index contributed by atoms with van der Waals surface area (Å²) in [6.45, 7) is -1.64. The molecule has 9 rings (SSSR count). The van der Waals surface area contributed by atoms with Gasteiger partial charge < -0.3 is 105 Å². The molecule has 13 atom stereocenters. The second-order valence-corrected chi connectivity index (χ2v) is 19.8. The zero-order valence-corrected chi connectivity index (χ0v) is 41.9. The predicted octanol–water partition coefficient (Wildman–Crippen LogP) is 2.92. The molecule has 2 fully saturated rings. The fourth-order valence-electron chi connectivity index (χ4n) is 10.4. The van der Waals surface area contributed by atoms with E-state index in [1.807, 2.05) is 0 Å². The fraction of sp³-hybridized carbons (Fsp3) is 0.351. The lowest BCUT2D eigenvalue weighted by Crippen LogP contribution is -2.60. The first-order valence-corrected chi connectivity index (χ1v) is 25.3. The first-order valence-electron chi connectivity index (χ1n) is 25.3. The Hall–Kier alpha value is -7.61. The second-order valence-electron chi connectivity index (χ2n) is 19.8. The van der Waals surface area contributed by atoms with E-state index in [9.17, 15) is 81.7 Å². The molecule has 3 aliphatic heterocycles.